The summed E-state index contributed by atoms with van der Waals surface area (Å²) in [4.78, 5) is 15.9. The highest BCUT2D eigenvalue weighted by Crippen LogP contribution is 2.50. The third kappa shape index (κ3) is 3.62. The van der Waals surface area contributed by atoms with E-state index in [-0.39, 0.29) is 11.9 Å². The molecule has 2 bridgehead atoms. The number of anilines is 2. The highest BCUT2D eigenvalue weighted by atomic mass is 32.1. The number of benzene rings is 3. The van der Waals surface area contributed by atoms with E-state index in [1.54, 1.807) is 0 Å². The molecule has 3 aromatic rings. The second-order valence-corrected chi connectivity index (χ2v) is 9.97. The second-order valence-electron chi connectivity index (χ2n) is 9.58. The first-order chi connectivity index (χ1) is 16.2. The van der Waals surface area contributed by atoms with E-state index in [9.17, 15) is 4.79 Å². The number of carbonyl (C=O) groups is 1. The van der Waals surface area contributed by atoms with Crippen LogP contribution in [0.4, 0.5) is 11.4 Å². The number of thiocarbonyl (C=S) groups is 1. The lowest BCUT2D eigenvalue weighted by atomic mass is 9.78. The van der Waals surface area contributed by atoms with Crippen LogP contribution in [0.1, 0.15) is 40.8 Å². The van der Waals surface area contributed by atoms with E-state index in [0.717, 1.165) is 44.9 Å². The summed E-state index contributed by atoms with van der Waals surface area (Å²) in [6.45, 7) is 10.1. The Balaban J connectivity index is 1.63. The summed E-state index contributed by atoms with van der Waals surface area (Å²) in [7, 11) is 0. The van der Waals surface area contributed by atoms with Crippen molar-refractivity contribution in [1.82, 2.24) is 5.32 Å². The van der Waals surface area contributed by atoms with E-state index in [1.807, 2.05) is 82.0 Å². The summed E-state index contributed by atoms with van der Waals surface area (Å²) in [6, 6.07) is 19.9. The molecule has 5 rings (SSSR count). The quantitative estimate of drug-likeness (QED) is 0.479. The van der Waals surface area contributed by atoms with Gasteiger partial charge in [0.15, 0.2) is 10.8 Å². The highest BCUT2D eigenvalue weighted by Gasteiger charge is 2.59. The maximum Gasteiger partial charge on any atom is 0.236 e. The normalized spacial score (nSPS) is 23.0. The Morgan fingerprint density at radius 3 is 2.44 bits per heavy atom. The van der Waals surface area contributed by atoms with Crippen LogP contribution >= 0.6 is 12.2 Å². The lowest BCUT2D eigenvalue weighted by molar-refractivity contribution is -0.130. The molecule has 0 spiro atoms. The van der Waals surface area contributed by atoms with Gasteiger partial charge < -0.3 is 15.4 Å². The number of ether oxygens (including phenoxy) is 1. The van der Waals surface area contributed by atoms with Crippen LogP contribution in [0.2, 0.25) is 0 Å². The molecule has 174 valence electrons. The number of rotatable bonds is 3. The van der Waals surface area contributed by atoms with Crippen molar-refractivity contribution in [2.24, 2.45) is 5.92 Å². The van der Waals surface area contributed by atoms with Crippen molar-refractivity contribution in [2.75, 3.05) is 10.2 Å². The average molecular weight is 472 g/mol. The Bertz CT molecular complexity index is 1320. The third-order valence-electron chi connectivity index (χ3n) is 6.84. The third-order valence-corrected chi connectivity index (χ3v) is 7.14. The number of hydrogen-bond donors (Lipinski definition) is 2. The first-order valence-electron chi connectivity index (χ1n) is 11.5. The van der Waals surface area contributed by atoms with E-state index in [4.69, 9.17) is 17.0 Å². The maximum absolute atomic E-state index is 14.0. The molecule has 2 aliphatic rings. The summed E-state index contributed by atoms with van der Waals surface area (Å²) in [6.07, 6.45) is 0. The predicted octanol–water partition coefficient (Wildman–Crippen LogP) is 5.72. The predicted molar refractivity (Wildman–Crippen MR) is 140 cm³/mol. The lowest BCUT2D eigenvalue weighted by Crippen LogP contribution is -2.72. The molecule has 0 aromatic heterocycles. The Labute approximate surface area is 206 Å². The molecule has 0 radical (unpaired) electrons. The molecule has 2 aliphatic heterocycles. The molecular weight excluding hydrogens is 442 g/mol. The number of aryl methyl sites for hydroxylation is 4. The smallest absolute Gasteiger partial charge is 0.236 e. The van der Waals surface area contributed by atoms with Crippen molar-refractivity contribution < 1.29 is 9.53 Å². The molecule has 6 heteroatoms. The van der Waals surface area contributed by atoms with Crippen LogP contribution in [-0.4, -0.2) is 16.7 Å². The summed E-state index contributed by atoms with van der Waals surface area (Å²) >= 11 is 5.85. The first kappa shape index (κ1) is 22.4. The largest absolute Gasteiger partial charge is 0.467 e. The number of hydrogen-bond acceptors (Lipinski definition) is 3. The van der Waals surface area contributed by atoms with E-state index in [0.29, 0.717) is 5.11 Å². The zero-order valence-electron chi connectivity index (χ0n) is 20.1. The second kappa shape index (κ2) is 8.13. The fourth-order valence-electron chi connectivity index (χ4n) is 5.22. The van der Waals surface area contributed by atoms with Crippen molar-refractivity contribution in [3.8, 4) is 5.75 Å². The van der Waals surface area contributed by atoms with Gasteiger partial charge in [-0.05, 0) is 82.2 Å². The maximum atomic E-state index is 14.0. The number of nitrogens with zero attached hydrogens (tertiary/aromatic N) is 1. The molecule has 0 unspecified atom stereocenters. The molecular formula is C28H29N3O2S. The summed E-state index contributed by atoms with van der Waals surface area (Å²) in [5.41, 5.74) is 6.01. The minimum Gasteiger partial charge on any atom is -0.467 e. The molecule has 1 amide bonds. The van der Waals surface area contributed by atoms with Gasteiger partial charge in [-0.1, -0.05) is 47.5 Å². The molecule has 3 aromatic carbocycles. The van der Waals surface area contributed by atoms with Crippen LogP contribution in [0.15, 0.2) is 60.7 Å². The zero-order chi connectivity index (χ0) is 24.2. The van der Waals surface area contributed by atoms with E-state index in [2.05, 4.69) is 28.8 Å². The fraction of sp³-hybridized carbons (Fsp3) is 0.286. The Morgan fingerprint density at radius 2 is 1.71 bits per heavy atom. The number of amides is 1. The summed E-state index contributed by atoms with van der Waals surface area (Å²) in [5, 5.41) is 7.20. The van der Waals surface area contributed by atoms with Gasteiger partial charge in [0.25, 0.3) is 0 Å². The van der Waals surface area contributed by atoms with Crippen molar-refractivity contribution in [3.05, 3.63) is 88.5 Å². The number of fused-ring (bicyclic) bond motifs is 4. The van der Waals surface area contributed by atoms with Crippen LogP contribution in [0.3, 0.4) is 0 Å². The fourth-order valence-corrected chi connectivity index (χ4v) is 5.64. The molecule has 5 nitrogen and oxygen atoms in total. The van der Waals surface area contributed by atoms with Crippen LogP contribution in [-0.2, 0) is 4.79 Å². The SMILES string of the molecule is Cc1cccc(N2C(=S)N[C@H]3c4cc(C)ccc4O[C@@]2(C)[C@@H]3C(=O)Nc2ccc(C)cc2C)c1. The van der Waals surface area contributed by atoms with Gasteiger partial charge in [0, 0.05) is 16.9 Å². The first-order valence-corrected chi connectivity index (χ1v) is 11.9. The molecule has 1 saturated heterocycles. The van der Waals surface area contributed by atoms with Crippen molar-refractivity contribution in [3.63, 3.8) is 0 Å². The zero-order valence-corrected chi connectivity index (χ0v) is 20.9. The van der Waals surface area contributed by atoms with Gasteiger partial charge >= 0.3 is 0 Å². The molecule has 0 saturated carbocycles. The summed E-state index contributed by atoms with van der Waals surface area (Å²) in [5.74, 6) is 0.0929. The van der Waals surface area contributed by atoms with Gasteiger partial charge in [-0.15, -0.1) is 0 Å². The van der Waals surface area contributed by atoms with Gasteiger partial charge in [-0.25, -0.2) is 0 Å². The molecule has 2 N–H and O–H groups in total. The van der Waals surface area contributed by atoms with Gasteiger partial charge in [-0.3, -0.25) is 9.69 Å². The monoisotopic (exact) mass is 471 g/mol. The number of nitrogens with one attached hydrogen (secondary N) is 2. The molecule has 3 atom stereocenters. The molecule has 1 fully saturated rings. The van der Waals surface area contributed by atoms with Crippen LogP contribution in [0.25, 0.3) is 0 Å². The highest BCUT2D eigenvalue weighted by molar-refractivity contribution is 7.80. The Hall–Kier alpha value is -3.38. The van der Waals surface area contributed by atoms with E-state index < -0.39 is 11.6 Å². The average Bonchev–Trinajstić information content (AvgIpc) is 2.76. The Morgan fingerprint density at radius 1 is 1.00 bits per heavy atom. The summed E-state index contributed by atoms with van der Waals surface area (Å²) < 4.78 is 6.68. The Kier molecular flexibility index (Phi) is 5.36. The molecule has 0 aliphatic carbocycles. The van der Waals surface area contributed by atoms with Crippen LogP contribution < -0.4 is 20.3 Å². The van der Waals surface area contributed by atoms with Crippen LogP contribution in [0, 0.1) is 33.6 Å². The van der Waals surface area contributed by atoms with Crippen molar-refractivity contribution in [2.45, 2.75) is 46.4 Å². The topological polar surface area (TPSA) is 53.6 Å². The van der Waals surface area contributed by atoms with Gasteiger partial charge in [0.2, 0.25) is 5.91 Å². The van der Waals surface area contributed by atoms with E-state index >= 15 is 0 Å². The molecule has 34 heavy (non-hydrogen) atoms. The standard InChI is InChI=1S/C28H29N3O2S/c1-16-7-6-8-20(14-16)31-27(34)30-25-21-15-18(3)10-12-23(21)33-28(31,5)24(25)26(32)29-22-11-9-17(2)13-19(22)4/h6-15,24-25H,1-5H3,(H,29,32)(H,30,34)/t24-,25-,28-/m0/s1. The van der Waals surface area contributed by atoms with Crippen LogP contribution in [0.5, 0.6) is 5.75 Å². The van der Waals surface area contributed by atoms with Crippen molar-refractivity contribution >= 4 is 34.6 Å². The van der Waals surface area contributed by atoms with Gasteiger partial charge in [-0.2, -0.15) is 0 Å². The minimum atomic E-state index is -1.02. The van der Waals surface area contributed by atoms with Gasteiger partial charge in [0.1, 0.15) is 11.7 Å². The van der Waals surface area contributed by atoms with E-state index in [1.165, 1.54) is 0 Å². The lowest BCUT2D eigenvalue weighted by Gasteiger charge is -2.56. The molecule has 2 heterocycles. The van der Waals surface area contributed by atoms with Crippen molar-refractivity contribution in [1.29, 1.82) is 0 Å². The number of carbonyl (C=O) groups excluding carboxylic acids is 1. The van der Waals surface area contributed by atoms with Gasteiger partial charge in [0.05, 0.1) is 6.04 Å². The minimum absolute atomic E-state index is 0.112.